The zero-order valence-corrected chi connectivity index (χ0v) is 19.4. The van der Waals surface area contributed by atoms with Gasteiger partial charge in [-0.3, -0.25) is 9.10 Å². The highest BCUT2D eigenvalue weighted by Gasteiger charge is 2.29. The summed E-state index contributed by atoms with van der Waals surface area (Å²) in [5.74, 6) is -1.30. The molecule has 30 heavy (non-hydrogen) atoms. The van der Waals surface area contributed by atoms with E-state index in [9.17, 15) is 17.6 Å². The van der Waals surface area contributed by atoms with Gasteiger partial charge in [0.25, 0.3) is 10.0 Å². The van der Waals surface area contributed by atoms with Crippen LogP contribution in [0.5, 0.6) is 0 Å². The molecule has 0 saturated carbocycles. The lowest BCUT2D eigenvalue weighted by molar-refractivity contribution is -0.114. The first-order valence-electron chi connectivity index (χ1n) is 9.08. The number of nitrogens with one attached hydrogen (secondary N) is 1. The second-order valence-corrected chi connectivity index (χ2v) is 9.89. The first kappa shape index (κ1) is 22.2. The van der Waals surface area contributed by atoms with Crippen LogP contribution in [0.15, 0.2) is 71.6 Å². The zero-order chi connectivity index (χ0) is 21.9. The average molecular weight is 538 g/mol. The number of halogens is 2. The van der Waals surface area contributed by atoms with E-state index in [4.69, 9.17) is 0 Å². The van der Waals surface area contributed by atoms with Crippen molar-refractivity contribution in [2.24, 2.45) is 0 Å². The van der Waals surface area contributed by atoms with Crippen molar-refractivity contribution in [3.8, 4) is 0 Å². The van der Waals surface area contributed by atoms with Crippen LogP contribution in [0, 0.1) is 23.2 Å². The molecule has 0 aromatic heterocycles. The first-order valence-corrected chi connectivity index (χ1v) is 11.6. The van der Waals surface area contributed by atoms with E-state index in [0.717, 1.165) is 25.1 Å². The predicted octanol–water partition coefficient (Wildman–Crippen LogP) is 4.88. The van der Waals surface area contributed by atoms with Gasteiger partial charge in [0.15, 0.2) is 0 Å². The SMILES string of the molecule is Cc1ccc(S(=O)(=O)N(CC(=O)Nc2ccc(I)cc2C)c2ccccc2F)cc1. The molecule has 0 unspecified atom stereocenters. The summed E-state index contributed by atoms with van der Waals surface area (Å²) < 4.78 is 42.9. The quantitative estimate of drug-likeness (QED) is 0.455. The minimum Gasteiger partial charge on any atom is -0.324 e. The van der Waals surface area contributed by atoms with Gasteiger partial charge in [0, 0.05) is 9.26 Å². The van der Waals surface area contributed by atoms with Crippen LogP contribution in [0.3, 0.4) is 0 Å². The zero-order valence-electron chi connectivity index (χ0n) is 16.4. The van der Waals surface area contributed by atoms with Crippen LogP contribution < -0.4 is 9.62 Å². The maximum absolute atomic E-state index is 14.5. The average Bonchev–Trinajstić information content (AvgIpc) is 2.69. The Kier molecular flexibility index (Phi) is 6.77. The Morgan fingerprint density at radius 1 is 1.03 bits per heavy atom. The monoisotopic (exact) mass is 538 g/mol. The Labute approximate surface area is 189 Å². The molecule has 0 atom stereocenters. The van der Waals surface area contributed by atoms with Gasteiger partial charge in [0.05, 0.1) is 10.6 Å². The molecule has 0 heterocycles. The maximum atomic E-state index is 14.5. The van der Waals surface area contributed by atoms with Gasteiger partial charge in [0.1, 0.15) is 12.4 Å². The van der Waals surface area contributed by atoms with Crippen LogP contribution >= 0.6 is 22.6 Å². The number of carbonyl (C=O) groups excluding carboxylic acids is 1. The number of para-hydroxylation sites is 1. The lowest BCUT2D eigenvalue weighted by Gasteiger charge is -2.24. The summed E-state index contributed by atoms with van der Waals surface area (Å²) in [6.45, 7) is 3.11. The number of anilines is 2. The standard InChI is InChI=1S/C22H20FIN2O3S/c1-15-7-10-18(11-8-15)30(28,29)26(21-6-4-3-5-19(21)23)14-22(27)25-20-12-9-17(24)13-16(20)2/h3-13H,14H2,1-2H3,(H,25,27). The Morgan fingerprint density at radius 2 is 1.70 bits per heavy atom. The number of aryl methyl sites for hydroxylation is 2. The van der Waals surface area contributed by atoms with Crippen molar-refractivity contribution in [3.05, 3.63) is 87.2 Å². The molecule has 0 aliphatic rings. The topological polar surface area (TPSA) is 66.5 Å². The molecule has 5 nitrogen and oxygen atoms in total. The van der Waals surface area contributed by atoms with Crippen molar-refractivity contribution < 1.29 is 17.6 Å². The second-order valence-electron chi connectivity index (χ2n) is 6.78. The van der Waals surface area contributed by atoms with Crippen molar-refractivity contribution in [3.63, 3.8) is 0 Å². The molecule has 3 aromatic carbocycles. The third kappa shape index (κ3) is 4.99. The van der Waals surface area contributed by atoms with Crippen molar-refractivity contribution >= 4 is 49.9 Å². The fourth-order valence-electron chi connectivity index (χ4n) is 2.88. The van der Waals surface area contributed by atoms with Gasteiger partial charge in [0.2, 0.25) is 5.91 Å². The molecule has 0 aliphatic carbocycles. The normalized spacial score (nSPS) is 11.2. The number of hydrogen-bond acceptors (Lipinski definition) is 3. The highest BCUT2D eigenvalue weighted by Crippen LogP contribution is 2.27. The predicted molar refractivity (Wildman–Crippen MR) is 125 cm³/mol. The van der Waals surface area contributed by atoms with Gasteiger partial charge >= 0.3 is 0 Å². The van der Waals surface area contributed by atoms with E-state index in [1.54, 1.807) is 18.2 Å². The molecule has 0 fully saturated rings. The van der Waals surface area contributed by atoms with E-state index in [-0.39, 0.29) is 10.6 Å². The molecule has 0 saturated heterocycles. The van der Waals surface area contributed by atoms with Crippen molar-refractivity contribution in [2.75, 3.05) is 16.2 Å². The third-order valence-corrected chi connectivity index (χ3v) is 6.92. The van der Waals surface area contributed by atoms with Gasteiger partial charge in [-0.15, -0.1) is 0 Å². The van der Waals surface area contributed by atoms with Gasteiger partial charge < -0.3 is 5.32 Å². The smallest absolute Gasteiger partial charge is 0.264 e. The molecule has 0 radical (unpaired) electrons. The van der Waals surface area contributed by atoms with Crippen molar-refractivity contribution in [1.29, 1.82) is 0 Å². The van der Waals surface area contributed by atoms with E-state index in [1.165, 1.54) is 30.3 Å². The number of hydrogen-bond donors (Lipinski definition) is 1. The van der Waals surface area contributed by atoms with Gasteiger partial charge in [-0.1, -0.05) is 29.8 Å². The molecule has 0 spiro atoms. The minimum atomic E-state index is -4.17. The van der Waals surface area contributed by atoms with Crippen LogP contribution in [-0.2, 0) is 14.8 Å². The van der Waals surface area contributed by atoms with Crippen LogP contribution in [0.2, 0.25) is 0 Å². The lowest BCUT2D eigenvalue weighted by atomic mass is 10.2. The summed E-state index contributed by atoms with van der Waals surface area (Å²) in [7, 11) is -4.17. The van der Waals surface area contributed by atoms with Gasteiger partial charge in [-0.2, -0.15) is 0 Å². The fraction of sp³-hybridized carbons (Fsp3) is 0.136. The molecule has 0 bridgehead atoms. The van der Waals surface area contributed by atoms with Crippen molar-refractivity contribution in [2.45, 2.75) is 18.7 Å². The lowest BCUT2D eigenvalue weighted by Crippen LogP contribution is -2.38. The summed E-state index contributed by atoms with van der Waals surface area (Å²) in [6.07, 6.45) is 0. The van der Waals surface area contributed by atoms with Crippen LogP contribution in [0.25, 0.3) is 0 Å². The number of amides is 1. The largest absolute Gasteiger partial charge is 0.324 e. The summed E-state index contributed by atoms with van der Waals surface area (Å²) in [4.78, 5) is 12.7. The molecule has 8 heteroatoms. The second kappa shape index (κ2) is 9.13. The molecule has 1 amide bonds. The third-order valence-electron chi connectivity index (χ3n) is 4.48. The van der Waals surface area contributed by atoms with E-state index in [0.29, 0.717) is 5.69 Å². The highest BCUT2D eigenvalue weighted by atomic mass is 127. The Balaban J connectivity index is 1.97. The molecule has 1 N–H and O–H groups in total. The molecule has 156 valence electrons. The fourth-order valence-corrected chi connectivity index (χ4v) is 4.95. The number of rotatable bonds is 6. The van der Waals surface area contributed by atoms with E-state index >= 15 is 0 Å². The Morgan fingerprint density at radius 3 is 2.33 bits per heavy atom. The summed E-state index contributed by atoms with van der Waals surface area (Å²) in [5, 5.41) is 2.72. The number of nitrogens with zero attached hydrogens (tertiary/aromatic N) is 1. The molecule has 0 aliphatic heterocycles. The van der Waals surface area contributed by atoms with E-state index < -0.39 is 28.3 Å². The van der Waals surface area contributed by atoms with Gasteiger partial charge in [-0.05, 0) is 84.5 Å². The summed E-state index contributed by atoms with van der Waals surface area (Å²) >= 11 is 2.16. The minimum absolute atomic E-state index is 0.0189. The molecule has 3 rings (SSSR count). The molecule has 3 aromatic rings. The number of benzene rings is 3. The summed E-state index contributed by atoms with van der Waals surface area (Å²) in [5.41, 5.74) is 2.11. The summed E-state index contributed by atoms with van der Waals surface area (Å²) in [6, 6.07) is 17.2. The Hall–Kier alpha value is -2.46. The highest BCUT2D eigenvalue weighted by molar-refractivity contribution is 14.1. The number of sulfonamides is 1. The van der Waals surface area contributed by atoms with E-state index in [2.05, 4.69) is 27.9 Å². The van der Waals surface area contributed by atoms with Crippen LogP contribution in [0.4, 0.5) is 15.8 Å². The van der Waals surface area contributed by atoms with Gasteiger partial charge in [-0.25, -0.2) is 12.8 Å². The van der Waals surface area contributed by atoms with E-state index in [1.807, 2.05) is 26.0 Å². The van der Waals surface area contributed by atoms with Crippen LogP contribution in [-0.4, -0.2) is 20.9 Å². The van der Waals surface area contributed by atoms with Crippen LogP contribution in [0.1, 0.15) is 11.1 Å². The molecular formula is C22H20FIN2O3S. The first-order chi connectivity index (χ1) is 14.2. The Bertz CT molecular complexity index is 1180. The number of carbonyl (C=O) groups is 1. The molecular weight excluding hydrogens is 518 g/mol. The maximum Gasteiger partial charge on any atom is 0.264 e. The van der Waals surface area contributed by atoms with Crippen molar-refractivity contribution in [1.82, 2.24) is 0 Å².